The highest BCUT2D eigenvalue weighted by Gasteiger charge is 2.35. The number of hydrogen-bond acceptors (Lipinski definition) is 1. The van der Waals surface area contributed by atoms with Crippen LogP contribution in [0.3, 0.4) is 0 Å². The average Bonchev–Trinajstić information content (AvgIpc) is 2.64. The fraction of sp³-hybridized carbons (Fsp3) is 0.474. The largest absolute Gasteiger partial charge is 0.489 e. The molecule has 3 rings (SSSR count). The molecule has 1 nitrogen and oxygen atoms in total. The topological polar surface area (TPSA) is 9.23 Å². The zero-order valence-electron chi connectivity index (χ0n) is 13.4. The van der Waals surface area contributed by atoms with Crippen LogP contribution >= 0.6 is 0 Å². The van der Waals surface area contributed by atoms with Gasteiger partial charge in [-0.1, -0.05) is 52.0 Å². The van der Waals surface area contributed by atoms with E-state index in [2.05, 4.69) is 65.8 Å². The fourth-order valence-corrected chi connectivity index (χ4v) is 3.61. The van der Waals surface area contributed by atoms with E-state index in [0.29, 0.717) is 5.92 Å². The Kier molecular flexibility index (Phi) is 2.86. The van der Waals surface area contributed by atoms with Crippen molar-refractivity contribution < 1.29 is 4.74 Å². The first-order chi connectivity index (χ1) is 9.32. The minimum absolute atomic E-state index is 0.0992. The summed E-state index contributed by atoms with van der Waals surface area (Å²) in [4.78, 5) is 0. The Morgan fingerprint density at radius 1 is 1.00 bits per heavy atom. The zero-order valence-corrected chi connectivity index (χ0v) is 13.4. The zero-order chi connectivity index (χ0) is 14.7. The van der Waals surface area contributed by atoms with Crippen LogP contribution in [0.1, 0.15) is 57.2 Å². The molecule has 0 spiro atoms. The molecule has 0 saturated heterocycles. The number of ether oxygens (including phenoxy) is 1. The van der Waals surface area contributed by atoms with E-state index >= 15 is 0 Å². The van der Waals surface area contributed by atoms with E-state index in [9.17, 15) is 0 Å². The van der Waals surface area contributed by atoms with Crippen LogP contribution in [-0.2, 0) is 5.41 Å². The van der Waals surface area contributed by atoms with E-state index in [4.69, 9.17) is 4.74 Å². The van der Waals surface area contributed by atoms with Crippen LogP contribution in [0.15, 0.2) is 24.3 Å². The molecule has 0 bridgehead atoms. The lowest BCUT2D eigenvalue weighted by molar-refractivity contribution is 0.228. The molecule has 2 unspecified atom stereocenters. The van der Waals surface area contributed by atoms with E-state index in [1.165, 1.54) is 27.5 Å². The average molecular weight is 268 g/mol. The standard InChI is InChI=1S/C19H24O/c1-11-13(3)20-18-16(11)15-10-8-7-9-14(15)12(2)17(18)19(4,5)6/h7-11,13H,1-6H3. The summed E-state index contributed by atoms with van der Waals surface area (Å²) in [6, 6.07) is 8.76. The normalized spacial score (nSPS) is 21.9. The molecule has 1 aliphatic heterocycles. The second-order valence-electron chi connectivity index (χ2n) is 7.15. The molecule has 20 heavy (non-hydrogen) atoms. The van der Waals surface area contributed by atoms with Crippen LogP contribution in [0.4, 0.5) is 0 Å². The van der Waals surface area contributed by atoms with Crippen LogP contribution in [0, 0.1) is 6.92 Å². The van der Waals surface area contributed by atoms with Crippen molar-refractivity contribution in [2.75, 3.05) is 0 Å². The van der Waals surface area contributed by atoms with Crippen LogP contribution in [0.25, 0.3) is 10.8 Å². The summed E-state index contributed by atoms with van der Waals surface area (Å²) in [6.45, 7) is 13.5. The molecule has 0 amide bonds. The van der Waals surface area contributed by atoms with Crippen LogP contribution in [0.2, 0.25) is 0 Å². The van der Waals surface area contributed by atoms with Gasteiger partial charge in [0.05, 0.1) is 0 Å². The first-order valence-electron chi connectivity index (χ1n) is 7.54. The summed E-state index contributed by atoms with van der Waals surface area (Å²) < 4.78 is 6.27. The van der Waals surface area contributed by atoms with Gasteiger partial charge in [-0.2, -0.15) is 0 Å². The molecule has 2 aromatic rings. The maximum Gasteiger partial charge on any atom is 0.127 e. The Morgan fingerprint density at radius 3 is 2.20 bits per heavy atom. The Balaban J connectivity index is 2.48. The van der Waals surface area contributed by atoms with Gasteiger partial charge in [-0.15, -0.1) is 0 Å². The smallest absolute Gasteiger partial charge is 0.127 e. The predicted molar refractivity (Wildman–Crippen MR) is 85.9 cm³/mol. The van der Waals surface area contributed by atoms with E-state index < -0.39 is 0 Å². The summed E-state index contributed by atoms with van der Waals surface area (Å²) in [5, 5.41) is 2.74. The van der Waals surface area contributed by atoms with Crippen LogP contribution in [0.5, 0.6) is 5.75 Å². The lowest BCUT2D eigenvalue weighted by Crippen LogP contribution is -2.16. The highest BCUT2D eigenvalue weighted by Crippen LogP contribution is 2.49. The molecule has 1 heteroatoms. The second-order valence-corrected chi connectivity index (χ2v) is 7.15. The number of benzene rings is 2. The highest BCUT2D eigenvalue weighted by molar-refractivity contribution is 5.93. The van der Waals surface area contributed by atoms with Gasteiger partial charge in [0.25, 0.3) is 0 Å². The predicted octanol–water partition coefficient (Wildman–Crippen LogP) is 5.33. The third-order valence-corrected chi connectivity index (χ3v) is 4.68. The molecule has 0 saturated carbocycles. The Morgan fingerprint density at radius 2 is 1.60 bits per heavy atom. The molecule has 2 atom stereocenters. The molecule has 0 aromatic heterocycles. The van der Waals surface area contributed by atoms with Gasteiger partial charge in [0, 0.05) is 17.0 Å². The Hall–Kier alpha value is -1.50. The van der Waals surface area contributed by atoms with Crippen molar-refractivity contribution >= 4 is 10.8 Å². The first-order valence-corrected chi connectivity index (χ1v) is 7.54. The number of aryl methyl sites for hydroxylation is 1. The van der Waals surface area contributed by atoms with Crippen molar-refractivity contribution in [3.05, 3.63) is 41.0 Å². The molecule has 1 heterocycles. The van der Waals surface area contributed by atoms with Crippen molar-refractivity contribution in [1.29, 1.82) is 0 Å². The van der Waals surface area contributed by atoms with E-state index in [-0.39, 0.29) is 11.5 Å². The summed E-state index contributed by atoms with van der Waals surface area (Å²) in [5.74, 6) is 1.60. The van der Waals surface area contributed by atoms with E-state index in [0.717, 1.165) is 5.75 Å². The van der Waals surface area contributed by atoms with Crippen LogP contribution < -0.4 is 4.74 Å². The minimum atomic E-state index is 0.0992. The van der Waals surface area contributed by atoms with E-state index in [1.807, 2.05) is 0 Å². The third-order valence-electron chi connectivity index (χ3n) is 4.68. The second kappa shape index (κ2) is 4.25. The Labute approximate surface area is 122 Å². The van der Waals surface area contributed by atoms with Crippen molar-refractivity contribution in [1.82, 2.24) is 0 Å². The molecule has 0 aliphatic carbocycles. The molecular formula is C19H24O. The highest BCUT2D eigenvalue weighted by atomic mass is 16.5. The number of hydrogen-bond donors (Lipinski definition) is 0. The van der Waals surface area contributed by atoms with Gasteiger partial charge in [-0.05, 0) is 35.6 Å². The van der Waals surface area contributed by atoms with Crippen molar-refractivity contribution in [3.8, 4) is 5.75 Å². The summed E-state index contributed by atoms with van der Waals surface area (Å²) in [7, 11) is 0. The van der Waals surface area contributed by atoms with Crippen LogP contribution in [-0.4, -0.2) is 6.10 Å². The minimum Gasteiger partial charge on any atom is -0.489 e. The lowest BCUT2D eigenvalue weighted by atomic mass is 9.78. The lowest BCUT2D eigenvalue weighted by Gasteiger charge is -2.26. The van der Waals surface area contributed by atoms with Crippen molar-refractivity contribution in [2.45, 2.75) is 59.0 Å². The SMILES string of the molecule is Cc1c(C(C)(C)C)c2c(c3ccccc13)C(C)C(C)O2. The summed E-state index contributed by atoms with van der Waals surface area (Å²) >= 11 is 0. The van der Waals surface area contributed by atoms with Gasteiger partial charge in [0.2, 0.25) is 0 Å². The van der Waals surface area contributed by atoms with Gasteiger partial charge in [0.1, 0.15) is 11.9 Å². The maximum atomic E-state index is 6.27. The fourth-order valence-electron chi connectivity index (χ4n) is 3.61. The molecule has 106 valence electrons. The van der Waals surface area contributed by atoms with Crippen molar-refractivity contribution in [3.63, 3.8) is 0 Å². The van der Waals surface area contributed by atoms with Gasteiger partial charge in [-0.3, -0.25) is 0 Å². The summed E-state index contributed by atoms with van der Waals surface area (Å²) in [6.07, 6.45) is 0.260. The monoisotopic (exact) mass is 268 g/mol. The van der Waals surface area contributed by atoms with Gasteiger partial charge in [0.15, 0.2) is 0 Å². The molecule has 0 N–H and O–H groups in total. The van der Waals surface area contributed by atoms with Crippen molar-refractivity contribution in [2.24, 2.45) is 0 Å². The maximum absolute atomic E-state index is 6.27. The molecule has 1 aliphatic rings. The van der Waals surface area contributed by atoms with E-state index in [1.54, 1.807) is 0 Å². The molecule has 0 fully saturated rings. The molecule has 0 radical (unpaired) electrons. The van der Waals surface area contributed by atoms with Gasteiger partial charge >= 0.3 is 0 Å². The van der Waals surface area contributed by atoms with Gasteiger partial charge < -0.3 is 4.74 Å². The quantitative estimate of drug-likeness (QED) is 0.627. The third kappa shape index (κ3) is 1.76. The first kappa shape index (κ1) is 13.5. The number of fused-ring (bicyclic) bond motifs is 3. The molecule has 2 aromatic carbocycles. The summed E-state index contributed by atoms with van der Waals surface area (Å²) in [5.41, 5.74) is 4.25. The molecular weight excluding hydrogens is 244 g/mol. The Bertz CT molecular complexity index is 676. The number of rotatable bonds is 0. The van der Waals surface area contributed by atoms with Gasteiger partial charge in [-0.25, -0.2) is 0 Å².